The quantitative estimate of drug-likeness (QED) is 0.825. The molecule has 0 fully saturated rings. The first-order chi connectivity index (χ1) is 7.52. The van der Waals surface area contributed by atoms with Crippen molar-refractivity contribution in [2.24, 2.45) is 11.7 Å². The fraction of sp³-hybridized carbons (Fsp3) is 0.417. The first kappa shape index (κ1) is 13.0. The Morgan fingerprint density at radius 2 is 2.06 bits per heavy atom. The van der Waals surface area contributed by atoms with Gasteiger partial charge in [0, 0.05) is 5.02 Å². The lowest BCUT2D eigenvalue weighted by Gasteiger charge is -2.14. The van der Waals surface area contributed by atoms with Crippen LogP contribution in [0.1, 0.15) is 25.5 Å². The topological polar surface area (TPSA) is 52.3 Å². The molecule has 0 aromatic heterocycles. The molecule has 0 aliphatic rings. The van der Waals surface area contributed by atoms with E-state index in [1.54, 1.807) is 24.3 Å². The first-order valence-corrected chi connectivity index (χ1v) is 5.56. The first-order valence-electron chi connectivity index (χ1n) is 5.19. The molecule has 0 saturated carbocycles. The highest BCUT2D eigenvalue weighted by Gasteiger charge is 2.19. The number of esters is 1. The van der Waals surface area contributed by atoms with Crippen LogP contribution < -0.4 is 5.73 Å². The van der Waals surface area contributed by atoms with Crippen molar-refractivity contribution in [3.8, 4) is 0 Å². The highest BCUT2D eigenvalue weighted by atomic mass is 35.5. The minimum atomic E-state index is -0.813. The van der Waals surface area contributed by atoms with Crippen molar-refractivity contribution in [1.82, 2.24) is 0 Å². The van der Waals surface area contributed by atoms with E-state index in [0.29, 0.717) is 23.1 Å². The van der Waals surface area contributed by atoms with Crippen LogP contribution in [0.25, 0.3) is 0 Å². The van der Waals surface area contributed by atoms with Gasteiger partial charge in [-0.3, -0.25) is 0 Å². The molecule has 0 spiro atoms. The van der Waals surface area contributed by atoms with E-state index in [2.05, 4.69) is 0 Å². The van der Waals surface area contributed by atoms with Crippen molar-refractivity contribution < 1.29 is 9.53 Å². The molecule has 0 bridgehead atoms. The molecule has 0 saturated heterocycles. The lowest BCUT2D eigenvalue weighted by molar-refractivity contribution is -0.146. The van der Waals surface area contributed by atoms with Crippen LogP contribution in [0, 0.1) is 5.92 Å². The van der Waals surface area contributed by atoms with Crippen molar-refractivity contribution in [3.05, 3.63) is 34.9 Å². The van der Waals surface area contributed by atoms with E-state index in [0.717, 1.165) is 0 Å². The molecule has 1 aromatic carbocycles. The molecule has 1 aromatic rings. The maximum absolute atomic E-state index is 11.6. The Labute approximate surface area is 101 Å². The largest absolute Gasteiger partial charge is 0.464 e. The lowest BCUT2D eigenvalue weighted by atomic mass is 10.1. The molecular weight excluding hydrogens is 226 g/mol. The van der Waals surface area contributed by atoms with E-state index in [9.17, 15) is 4.79 Å². The Morgan fingerprint density at radius 3 is 2.62 bits per heavy atom. The Morgan fingerprint density at radius 1 is 1.44 bits per heavy atom. The van der Waals surface area contributed by atoms with E-state index in [1.165, 1.54) is 0 Å². The second-order valence-corrected chi connectivity index (χ2v) is 4.43. The number of carbonyl (C=O) groups excluding carboxylic acids is 1. The number of halogens is 1. The van der Waals surface area contributed by atoms with E-state index >= 15 is 0 Å². The van der Waals surface area contributed by atoms with Crippen molar-refractivity contribution in [2.45, 2.75) is 19.9 Å². The van der Waals surface area contributed by atoms with Gasteiger partial charge in [0.25, 0.3) is 0 Å². The number of hydrogen-bond acceptors (Lipinski definition) is 3. The number of hydrogen-bond donors (Lipinski definition) is 1. The molecule has 0 aliphatic heterocycles. The van der Waals surface area contributed by atoms with E-state index < -0.39 is 12.0 Å². The summed E-state index contributed by atoms with van der Waals surface area (Å²) in [7, 11) is 0. The fourth-order valence-electron chi connectivity index (χ4n) is 1.19. The Kier molecular flexibility index (Phi) is 4.77. The second-order valence-electron chi connectivity index (χ2n) is 4.02. The average Bonchev–Trinajstić information content (AvgIpc) is 2.25. The summed E-state index contributed by atoms with van der Waals surface area (Å²) in [5, 5.41) is 0.483. The van der Waals surface area contributed by atoms with Gasteiger partial charge in [-0.2, -0.15) is 0 Å². The third kappa shape index (κ3) is 3.51. The van der Waals surface area contributed by atoms with Gasteiger partial charge < -0.3 is 10.5 Å². The van der Waals surface area contributed by atoms with Gasteiger partial charge in [-0.25, -0.2) is 4.79 Å². The van der Waals surface area contributed by atoms with Gasteiger partial charge in [0.15, 0.2) is 0 Å². The van der Waals surface area contributed by atoms with Crippen LogP contribution in [0.4, 0.5) is 0 Å². The maximum atomic E-state index is 11.6. The Bertz CT molecular complexity index is 366. The van der Waals surface area contributed by atoms with Crippen molar-refractivity contribution in [3.63, 3.8) is 0 Å². The van der Waals surface area contributed by atoms with E-state index in [1.807, 2.05) is 13.8 Å². The third-order valence-electron chi connectivity index (χ3n) is 2.05. The molecule has 3 nitrogen and oxygen atoms in total. The molecule has 0 aliphatic carbocycles. The van der Waals surface area contributed by atoms with Crippen LogP contribution in [0.3, 0.4) is 0 Å². The predicted octanol–water partition coefficient (Wildman–Crippen LogP) is 2.54. The van der Waals surface area contributed by atoms with Gasteiger partial charge in [-0.1, -0.05) is 43.6 Å². The van der Waals surface area contributed by atoms with Crippen LogP contribution in [-0.2, 0) is 9.53 Å². The van der Waals surface area contributed by atoms with Gasteiger partial charge in [0.05, 0.1) is 6.61 Å². The molecule has 0 radical (unpaired) electrons. The summed E-state index contributed by atoms with van der Waals surface area (Å²) in [6.07, 6.45) is 0. The fourth-order valence-corrected chi connectivity index (χ4v) is 1.45. The zero-order valence-electron chi connectivity index (χ0n) is 9.44. The number of ether oxygens (including phenoxy) is 1. The lowest BCUT2D eigenvalue weighted by Crippen LogP contribution is -2.25. The van der Waals surface area contributed by atoms with Gasteiger partial charge in [0.2, 0.25) is 0 Å². The summed E-state index contributed by atoms with van der Waals surface area (Å²) in [5.74, 6) is -0.149. The molecule has 88 valence electrons. The molecule has 1 rings (SSSR count). The molecule has 0 heterocycles. The van der Waals surface area contributed by atoms with Crippen LogP contribution >= 0.6 is 11.6 Å². The third-order valence-corrected chi connectivity index (χ3v) is 2.40. The second kappa shape index (κ2) is 5.87. The number of rotatable bonds is 4. The zero-order chi connectivity index (χ0) is 12.1. The predicted molar refractivity (Wildman–Crippen MR) is 64.2 cm³/mol. The Balaban J connectivity index is 2.67. The summed E-state index contributed by atoms with van der Waals surface area (Å²) < 4.78 is 5.05. The standard InChI is InChI=1S/C12H16ClNO2/c1-8(2)7-16-12(15)11(14)9-5-3-4-6-10(9)13/h3-6,8,11H,7,14H2,1-2H3/t11-/m1/s1. The molecule has 4 heteroatoms. The number of nitrogens with two attached hydrogens (primary N) is 1. The van der Waals surface area contributed by atoms with E-state index in [-0.39, 0.29) is 0 Å². The summed E-state index contributed by atoms with van der Waals surface area (Å²) in [6.45, 7) is 4.31. The van der Waals surface area contributed by atoms with Gasteiger partial charge in [0.1, 0.15) is 6.04 Å². The SMILES string of the molecule is CC(C)COC(=O)[C@H](N)c1ccccc1Cl. The molecule has 0 amide bonds. The highest BCUT2D eigenvalue weighted by molar-refractivity contribution is 6.31. The van der Waals surface area contributed by atoms with Crippen LogP contribution in [0.15, 0.2) is 24.3 Å². The van der Waals surface area contributed by atoms with Crippen molar-refractivity contribution >= 4 is 17.6 Å². The van der Waals surface area contributed by atoms with Crippen LogP contribution in [0.5, 0.6) is 0 Å². The molecule has 2 N–H and O–H groups in total. The van der Waals surface area contributed by atoms with Gasteiger partial charge >= 0.3 is 5.97 Å². The van der Waals surface area contributed by atoms with Crippen molar-refractivity contribution in [2.75, 3.05) is 6.61 Å². The monoisotopic (exact) mass is 241 g/mol. The Hall–Kier alpha value is -1.06. The molecule has 16 heavy (non-hydrogen) atoms. The minimum Gasteiger partial charge on any atom is -0.464 e. The summed E-state index contributed by atoms with van der Waals surface area (Å²) in [4.78, 5) is 11.6. The summed E-state index contributed by atoms with van der Waals surface area (Å²) >= 11 is 5.94. The van der Waals surface area contributed by atoms with Crippen molar-refractivity contribution in [1.29, 1.82) is 0 Å². The number of benzene rings is 1. The molecule has 1 atom stereocenters. The molecule has 0 unspecified atom stereocenters. The summed E-state index contributed by atoms with van der Waals surface area (Å²) in [6, 6.07) is 6.19. The smallest absolute Gasteiger partial charge is 0.327 e. The number of carbonyl (C=O) groups is 1. The zero-order valence-corrected chi connectivity index (χ0v) is 10.2. The van der Waals surface area contributed by atoms with Crippen LogP contribution in [0.2, 0.25) is 5.02 Å². The van der Waals surface area contributed by atoms with E-state index in [4.69, 9.17) is 22.1 Å². The highest BCUT2D eigenvalue weighted by Crippen LogP contribution is 2.21. The van der Waals surface area contributed by atoms with Gasteiger partial charge in [-0.05, 0) is 17.5 Å². The summed E-state index contributed by atoms with van der Waals surface area (Å²) in [5.41, 5.74) is 6.36. The maximum Gasteiger partial charge on any atom is 0.327 e. The normalized spacial score (nSPS) is 12.6. The molecular formula is C12H16ClNO2. The average molecular weight is 242 g/mol. The van der Waals surface area contributed by atoms with Gasteiger partial charge in [-0.15, -0.1) is 0 Å². The minimum absolute atomic E-state index is 0.294. The van der Waals surface area contributed by atoms with Crippen LogP contribution in [-0.4, -0.2) is 12.6 Å².